The molecule has 3 rings (SSSR count). The van der Waals surface area contributed by atoms with Crippen LogP contribution in [-0.2, 0) is 28.3 Å². The fourth-order valence-corrected chi connectivity index (χ4v) is 4.04. The van der Waals surface area contributed by atoms with E-state index in [4.69, 9.17) is 9.84 Å². The summed E-state index contributed by atoms with van der Waals surface area (Å²) in [6, 6.07) is 5.88. The normalized spacial score (nSPS) is 11.5. The van der Waals surface area contributed by atoms with Crippen LogP contribution in [-0.4, -0.2) is 41.4 Å². The molecule has 0 saturated heterocycles. The molecule has 0 spiro atoms. The van der Waals surface area contributed by atoms with Crippen LogP contribution in [0, 0.1) is 6.92 Å². The van der Waals surface area contributed by atoms with Gasteiger partial charge in [0.1, 0.15) is 10.6 Å². The molecule has 27 heavy (non-hydrogen) atoms. The average molecular weight is 390 g/mol. The first-order valence-electron chi connectivity index (χ1n) is 7.92. The first kappa shape index (κ1) is 18.6. The number of aliphatic carboxylic acids is 1. The van der Waals surface area contributed by atoms with Gasteiger partial charge in [-0.25, -0.2) is 13.4 Å². The van der Waals surface area contributed by atoms with Gasteiger partial charge in [-0.1, -0.05) is 6.07 Å². The molecule has 0 atom stereocenters. The number of carboxylic acid groups (broad SMARTS) is 1. The van der Waals surface area contributed by atoms with Gasteiger partial charge in [-0.15, -0.1) is 0 Å². The van der Waals surface area contributed by atoms with Crippen molar-refractivity contribution in [1.29, 1.82) is 0 Å². The Bertz CT molecular complexity index is 1140. The van der Waals surface area contributed by atoms with Crippen molar-refractivity contribution in [1.82, 2.24) is 14.8 Å². The molecule has 2 heterocycles. The lowest BCUT2D eigenvalue weighted by molar-refractivity contribution is -0.136. The number of aryl methyl sites for hydroxylation is 2. The standard InChI is InChI=1S/C17H18N4O5S/c1-10-13-8-12(9-18-17(13)21(2)19-10)20-27(24,25)15-6-11(7-16(22)23)4-5-14(15)26-3/h4-6,8-9,20H,7H2,1-3H3,(H,22,23). The van der Waals surface area contributed by atoms with E-state index >= 15 is 0 Å². The van der Waals surface area contributed by atoms with Crippen molar-refractivity contribution in [2.75, 3.05) is 11.8 Å². The van der Waals surface area contributed by atoms with E-state index < -0.39 is 16.0 Å². The quantitative estimate of drug-likeness (QED) is 0.657. The summed E-state index contributed by atoms with van der Waals surface area (Å²) < 4.78 is 34.9. The molecule has 10 heteroatoms. The van der Waals surface area contributed by atoms with Crippen LogP contribution in [0.25, 0.3) is 11.0 Å². The monoisotopic (exact) mass is 390 g/mol. The molecule has 2 aromatic heterocycles. The smallest absolute Gasteiger partial charge is 0.307 e. The molecule has 1 aromatic carbocycles. The van der Waals surface area contributed by atoms with Gasteiger partial charge in [0.15, 0.2) is 5.65 Å². The zero-order valence-electron chi connectivity index (χ0n) is 14.9. The molecule has 0 unspecified atom stereocenters. The third kappa shape index (κ3) is 3.70. The summed E-state index contributed by atoms with van der Waals surface area (Å²) in [5.41, 5.74) is 1.98. The Kier molecular flexibility index (Phi) is 4.75. The number of rotatable bonds is 6. The van der Waals surface area contributed by atoms with Gasteiger partial charge in [-0.3, -0.25) is 14.2 Å². The maximum Gasteiger partial charge on any atom is 0.307 e. The Morgan fingerprint density at radius 1 is 1.33 bits per heavy atom. The molecule has 0 saturated carbocycles. The lowest BCUT2D eigenvalue weighted by Gasteiger charge is -2.13. The molecule has 2 N–H and O–H groups in total. The molecule has 0 bridgehead atoms. The second-order valence-corrected chi connectivity index (χ2v) is 7.62. The van der Waals surface area contributed by atoms with Crippen LogP contribution < -0.4 is 9.46 Å². The lowest BCUT2D eigenvalue weighted by Crippen LogP contribution is -2.15. The van der Waals surface area contributed by atoms with E-state index in [-0.39, 0.29) is 22.8 Å². The van der Waals surface area contributed by atoms with E-state index in [1.165, 1.54) is 31.5 Å². The van der Waals surface area contributed by atoms with Crippen molar-refractivity contribution in [3.8, 4) is 5.75 Å². The van der Waals surface area contributed by atoms with Crippen molar-refractivity contribution in [2.24, 2.45) is 7.05 Å². The fraction of sp³-hybridized carbons (Fsp3) is 0.235. The van der Waals surface area contributed by atoms with E-state index in [0.29, 0.717) is 11.2 Å². The molecular weight excluding hydrogens is 372 g/mol. The van der Waals surface area contributed by atoms with Crippen molar-refractivity contribution < 1.29 is 23.1 Å². The maximum absolute atomic E-state index is 12.9. The van der Waals surface area contributed by atoms with Crippen LogP contribution in [0.3, 0.4) is 0 Å². The highest BCUT2D eigenvalue weighted by atomic mass is 32.2. The highest BCUT2D eigenvalue weighted by Gasteiger charge is 2.21. The van der Waals surface area contributed by atoms with Crippen LogP contribution in [0.15, 0.2) is 35.4 Å². The summed E-state index contributed by atoms with van der Waals surface area (Å²) in [5.74, 6) is -0.943. The van der Waals surface area contributed by atoms with Crippen LogP contribution in [0.2, 0.25) is 0 Å². The van der Waals surface area contributed by atoms with Crippen molar-refractivity contribution in [3.63, 3.8) is 0 Å². The molecule has 0 fully saturated rings. The van der Waals surface area contributed by atoms with Gasteiger partial charge in [0, 0.05) is 12.4 Å². The third-order valence-corrected chi connectivity index (χ3v) is 5.39. The number of aromatic nitrogens is 3. The summed E-state index contributed by atoms with van der Waals surface area (Å²) in [5, 5.41) is 13.9. The summed E-state index contributed by atoms with van der Waals surface area (Å²) >= 11 is 0. The number of hydrogen-bond donors (Lipinski definition) is 2. The number of pyridine rings is 1. The minimum Gasteiger partial charge on any atom is -0.495 e. The average Bonchev–Trinajstić information content (AvgIpc) is 2.88. The molecule has 0 amide bonds. The molecule has 0 aliphatic heterocycles. The van der Waals surface area contributed by atoms with Crippen LogP contribution in [0.1, 0.15) is 11.3 Å². The number of fused-ring (bicyclic) bond motifs is 1. The summed E-state index contributed by atoms with van der Waals surface area (Å²) in [6.45, 7) is 1.81. The number of anilines is 1. The lowest BCUT2D eigenvalue weighted by atomic mass is 10.1. The Hall–Kier alpha value is -3.14. The molecule has 0 aliphatic carbocycles. The maximum atomic E-state index is 12.9. The Morgan fingerprint density at radius 3 is 2.74 bits per heavy atom. The van der Waals surface area contributed by atoms with Gasteiger partial charge in [-0.05, 0) is 30.7 Å². The highest BCUT2D eigenvalue weighted by molar-refractivity contribution is 7.92. The van der Waals surface area contributed by atoms with E-state index in [1.807, 2.05) is 0 Å². The zero-order valence-corrected chi connectivity index (χ0v) is 15.7. The SMILES string of the molecule is COc1ccc(CC(=O)O)cc1S(=O)(=O)Nc1cnc2c(c1)c(C)nn2C. The van der Waals surface area contributed by atoms with Gasteiger partial charge < -0.3 is 9.84 Å². The molecular formula is C17H18N4O5S. The van der Waals surface area contributed by atoms with E-state index in [0.717, 1.165) is 11.1 Å². The van der Waals surface area contributed by atoms with Crippen molar-refractivity contribution in [2.45, 2.75) is 18.2 Å². The molecule has 0 aliphatic rings. The van der Waals surface area contributed by atoms with Gasteiger partial charge in [0.25, 0.3) is 10.0 Å². The number of hydrogen-bond acceptors (Lipinski definition) is 6. The number of sulfonamides is 1. The number of nitrogens with one attached hydrogen (secondary N) is 1. The minimum absolute atomic E-state index is 0.114. The number of nitrogens with zero attached hydrogens (tertiary/aromatic N) is 3. The van der Waals surface area contributed by atoms with Crippen molar-refractivity contribution >= 4 is 32.7 Å². The summed E-state index contributed by atoms with van der Waals surface area (Å²) in [7, 11) is -0.924. The zero-order chi connectivity index (χ0) is 19.8. The topological polar surface area (TPSA) is 123 Å². The number of methoxy groups -OCH3 is 1. The Balaban J connectivity index is 2.01. The summed E-state index contributed by atoms with van der Waals surface area (Å²) in [6.07, 6.45) is 1.10. The van der Waals surface area contributed by atoms with E-state index in [2.05, 4.69) is 14.8 Å². The minimum atomic E-state index is -4.02. The number of carbonyl (C=O) groups is 1. The molecule has 142 valence electrons. The van der Waals surface area contributed by atoms with Crippen molar-refractivity contribution in [3.05, 3.63) is 41.7 Å². The Morgan fingerprint density at radius 2 is 2.07 bits per heavy atom. The van der Waals surface area contributed by atoms with Crippen LogP contribution in [0.5, 0.6) is 5.75 Å². The first-order valence-corrected chi connectivity index (χ1v) is 9.40. The fourth-order valence-electron chi connectivity index (χ4n) is 2.79. The van der Waals surface area contributed by atoms with E-state index in [1.54, 1.807) is 24.7 Å². The highest BCUT2D eigenvalue weighted by Crippen LogP contribution is 2.28. The number of carboxylic acids is 1. The predicted octanol–water partition coefficient (Wildman–Crippen LogP) is 1.71. The van der Waals surface area contributed by atoms with Crippen LogP contribution >= 0.6 is 0 Å². The molecule has 0 radical (unpaired) electrons. The second-order valence-electron chi connectivity index (χ2n) is 5.97. The predicted molar refractivity (Wildman–Crippen MR) is 98.4 cm³/mol. The van der Waals surface area contributed by atoms with Gasteiger partial charge in [0.05, 0.1) is 31.1 Å². The molecule has 3 aromatic rings. The molecule has 9 nitrogen and oxygen atoms in total. The third-order valence-electron chi connectivity index (χ3n) is 3.99. The second kappa shape index (κ2) is 6.88. The first-order chi connectivity index (χ1) is 12.7. The van der Waals surface area contributed by atoms with Gasteiger partial charge in [-0.2, -0.15) is 5.10 Å². The van der Waals surface area contributed by atoms with Gasteiger partial charge >= 0.3 is 5.97 Å². The largest absolute Gasteiger partial charge is 0.495 e. The van der Waals surface area contributed by atoms with Crippen LogP contribution in [0.4, 0.5) is 5.69 Å². The number of ether oxygens (including phenoxy) is 1. The number of benzene rings is 1. The summed E-state index contributed by atoms with van der Waals surface area (Å²) in [4.78, 5) is 15.0. The van der Waals surface area contributed by atoms with E-state index in [9.17, 15) is 13.2 Å². The van der Waals surface area contributed by atoms with Gasteiger partial charge in [0.2, 0.25) is 0 Å². The Labute approximate surface area is 155 Å².